The Morgan fingerprint density at radius 2 is 1.50 bits per heavy atom. The second kappa shape index (κ2) is 6.91. The summed E-state index contributed by atoms with van der Waals surface area (Å²) < 4.78 is 7.46. The quantitative estimate of drug-likeness (QED) is 0.669. The molecule has 1 aromatic heterocycles. The van der Waals surface area contributed by atoms with Gasteiger partial charge in [0.25, 0.3) is 0 Å². The number of nitrogens with zero attached hydrogens (tertiary/aromatic N) is 1. The van der Waals surface area contributed by atoms with Crippen LogP contribution >= 0.6 is 0 Å². The van der Waals surface area contributed by atoms with E-state index in [4.69, 9.17) is 4.42 Å². The van der Waals surface area contributed by atoms with E-state index in [1.807, 2.05) is 60.7 Å². The Morgan fingerprint density at radius 3 is 2.08 bits per heavy atom. The lowest BCUT2D eigenvalue weighted by Gasteiger charge is -2.18. The van der Waals surface area contributed by atoms with Crippen molar-refractivity contribution in [2.75, 3.05) is 0 Å². The van der Waals surface area contributed by atoms with E-state index >= 15 is 0 Å². The lowest BCUT2D eigenvalue weighted by atomic mass is 9.91. The predicted molar refractivity (Wildman–Crippen MR) is 97.2 cm³/mol. The van der Waals surface area contributed by atoms with Crippen LogP contribution in [0.3, 0.4) is 0 Å². The Bertz CT molecular complexity index is 845. The molecule has 2 aromatic carbocycles. The van der Waals surface area contributed by atoms with Crippen LogP contribution in [0, 0.1) is 5.92 Å². The van der Waals surface area contributed by atoms with Crippen molar-refractivity contribution in [3.8, 4) is 11.3 Å². The van der Waals surface area contributed by atoms with Crippen molar-refractivity contribution in [1.82, 2.24) is 4.57 Å². The molecule has 0 fully saturated rings. The first-order chi connectivity index (χ1) is 11.6. The highest BCUT2D eigenvalue weighted by atomic mass is 16.4. The van der Waals surface area contributed by atoms with Gasteiger partial charge in [0.15, 0.2) is 5.76 Å². The molecule has 1 unspecified atom stereocenters. The van der Waals surface area contributed by atoms with E-state index < -0.39 is 0 Å². The van der Waals surface area contributed by atoms with E-state index in [0.717, 1.165) is 16.8 Å². The maximum absolute atomic E-state index is 12.6. The summed E-state index contributed by atoms with van der Waals surface area (Å²) in [6.07, 6.45) is 0. The highest BCUT2D eigenvalue weighted by molar-refractivity contribution is 5.60. The van der Waals surface area contributed by atoms with Gasteiger partial charge in [0.2, 0.25) is 0 Å². The normalized spacial score (nSPS) is 12.5. The maximum atomic E-state index is 12.6. The summed E-state index contributed by atoms with van der Waals surface area (Å²) in [5.41, 5.74) is 3.02. The molecule has 124 valence electrons. The van der Waals surface area contributed by atoms with E-state index in [2.05, 4.69) is 20.8 Å². The average molecular weight is 321 g/mol. The smallest absolute Gasteiger partial charge is 0.407 e. The van der Waals surface area contributed by atoms with Crippen LogP contribution in [0.1, 0.15) is 37.9 Å². The molecule has 0 amide bonds. The largest absolute Gasteiger partial charge is 0.420 e. The fourth-order valence-electron chi connectivity index (χ4n) is 2.90. The summed E-state index contributed by atoms with van der Waals surface area (Å²) >= 11 is 0. The van der Waals surface area contributed by atoms with E-state index in [9.17, 15) is 4.79 Å². The third kappa shape index (κ3) is 3.21. The molecule has 1 atom stereocenters. The first kappa shape index (κ1) is 16.3. The zero-order valence-electron chi connectivity index (χ0n) is 14.4. The van der Waals surface area contributed by atoms with Crippen molar-refractivity contribution in [1.29, 1.82) is 0 Å². The lowest BCUT2D eigenvalue weighted by Crippen LogP contribution is -2.20. The van der Waals surface area contributed by atoms with E-state index in [1.165, 1.54) is 0 Å². The summed E-state index contributed by atoms with van der Waals surface area (Å²) in [4.78, 5) is 12.6. The molecule has 0 bridgehead atoms. The molecule has 0 aliphatic carbocycles. The van der Waals surface area contributed by atoms with Crippen LogP contribution in [-0.4, -0.2) is 4.57 Å². The molecule has 24 heavy (non-hydrogen) atoms. The molecule has 0 aliphatic heterocycles. The third-order valence-corrected chi connectivity index (χ3v) is 4.58. The molecule has 0 radical (unpaired) electrons. The molecule has 0 aliphatic rings. The van der Waals surface area contributed by atoms with Gasteiger partial charge in [-0.25, -0.2) is 4.79 Å². The Kier molecular flexibility index (Phi) is 4.70. The van der Waals surface area contributed by atoms with Crippen molar-refractivity contribution in [3.63, 3.8) is 0 Å². The first-order valence-electron chi connectivity index (χ1n) is 8.40. The molecular weight excluding hydrogens is 298 g/mol. The Hall–Kier alpha value is -2.55. The molecule has 3 heteroatoms. The monoisotopic (exact) mass is 321 g/mol. The van der Waals surface area contributed by atoms with Gasteiger partial charge in [0.05, 0.1) is 12.2 Å². The SMILES string of the molecule is CC(C)C(C)c1c(-c2ccccc2)oc(=O)n1Cc1ccccc1. The van der Waals surface area contributed by atoms with Crippen molar-refractivity contribution in [2.45, 2.75) is 33.2 Å². The van der Waals surface area contributed by atoms with Gasteiger partial charge in [-0.1, -0.05) is 81.4 Å². The van der Waals surface area contributed by atoms with Crippen LogP contribution in [0.15, 0.2) is 69.9 Å². The molecule has 0 spiro atoms. The molecule has 0 saturated carbocycles. The number of hydrogen-bond donors (Lipinski definition) is 0. The van der Waals surface area contributed by atoms with Gasteiger partial charge >= 0.3 is 5.76 Å². The van der Waals surface area contributed by atoms with Gasteiger partial charge in [-0.15, -0.1) is 0 Å². The lowest BCUT2D eigenvalue weighted by molar-refractivity contribution is 0.488. The van der Waals surface area contributed by atoms with Gasteiger partial charge in [-0.2, -0.15) is 0 Å². The number of oxazole rings is 1. The minimum atomic E-state index is -0.291. The van der Waals surface area contributed by atoms with E-state index in [1.54, 1.807) is 4.57 Å². The summed E-state index contributed by atoms with van der Waals surface area (Å²) in [5, 5.41) is 0. The minimum Gasteiger partial charge on any atom is -0.407 e. The molecule has 3 rings (SSSR count). The molecule has 3 nitrogen and oxygen atoms in total. The Morgan fingerprint density at radius 1 is 0.917 bits per heavy atom. The van der Waals surface area contributed by atoms with Crippen molar-refractivity contribution in [3.05, 3.63) is 82.5 Å². The fourth-order valence-corrected chi connectivity index (χ4v) is 2.90. The third-order valence-electron chi connectivity index (χ3n) is 4.58. The summed E-state index contributed by atoms with van der Waals surface area (Å²) in [6, 6.07) is 19.9. The Labute approximate surface area is 142 Å². The topological polar surface area (TPSA) is 35.1 Å². The van der Waals surface area contributed by atoms with Crippen LogP contribution in [0.25, 0.3) is 11.3 Å². The zero-order chi connectivity index (χ0) is 17.1. The summed E-state index contributed by atoms with van der Waals surface area (Å²) in [7, 11) is 0. The standard InChI is InChI=1S/C21H23NO2/c1-15(2)16(3)19-20(18-12-8-5-9-13-18)24-21(23)22(19)14-17-10-6-4-7-11-17/h4-13,15-16H,14H2,1-3H3. The van der Waals surface area contributed by atoms with Crippen LogP contribution in [0.2, 0.25) is 0 Å². The highest BCUT2D eigenvalue weighted by Gasteiger charge is 2.25. The first-order valence-corrected chi connectivity index (χ1v) is 8.40. The fraction of sp³-hybridized carbons (Fsp3) is 0.286. The molecule has 1 heterocycles. The predicted octanol–water partition coefficient (Wildman–Crippen LogP) is 4.92. The van der Waals surface area contributed by atoms with Gasteiger partial charge in [0.1, 0.15) is 0 Å². The van der Waals surface area contributed by atoms with E-state index in [0.29, 0.717) is 18.2 Å². The molecule has 0 N–H and O–H groups in total. The van der Waals surface area contributed by atoms with Gasteiger partial charge < -0.3 is 4.42 Å². The van der Waals surface area contributed by atoms with Gasteiger partial charge in [0, 0.05) is 11.5 Å². The molecule has 3 aromatic rings. The number of hydrogen-bond acceptors (Lipinski definition) is 2. The van der Waals surface area contributed by atoms with Gasteiger partial charge in [-0.05, 0) is 11.5 Å². The molecular formula is C21H23NO2. The average Bonchev–Trinajstić information content (AvgIpc) is 2.92. The van der Waals surface area contributed by atoms with Crippen molar-refractivity contribution in [2.24, 2.45) is 5.92 Å². The number of aromatic nitrogens is 1. The second-order valence-electron chi connectivity index (χ2n) is 6.55. The van der Waals surface area contributed by atoms with Crippen LogP contribution < -0.4 is 5.76 Å². The van der Waals surface area contributed by atoms with Crippen LogP contribution in [-0.2, 0) is 6.54 Å². The molecule has 0 saturated heterocycles. The van der Waals surface area contributed by atoms with Crippen LogP contribution in [0.5, 0.6) is 0 Å². The van der Waals surface area contributed by atoms with Crippen LogP contribution in [0.4, 0.5) is 0 Å². The Balaban J connectivity index is 2.14. The zero-order valence-corrected chi connectivity index (χ0v) is 14.4. The summed E-state index contributed by atoms with van der Waals surface area (Å²) in [5.74, 6) is 1.03. The van der Waals surface area contributed by atoms with Crippen molar-refractivity contribution >= 4 is 0 Å². The highest BCUT2D eigenvalue weighted by Crippen LogP contribution is 2.33. The number of benzene rings is 2. The minimum absolute atomic E-state index is 0.218. The number of rotatable bonds is 5. The van der Waals surface area contributed by atoms with Crippen molar-refractivity contribution < 1.29 is 4.42 Å². The summed E-state index contributed by atoms with van der Waals surface area (Å²) in [6.45, 7) is 7.03. The maximum Gasteiger partial charge on any atom is 0.420 e. The second-order valence-corrected chi connectivity index (χ2v) is 6.55. The van der Waals surface area contributed by atoms with Gasteiger partial charge in [-0.3, -0.25) is 4.57 Å². The van der Waals surface area contributed by atoms with E-state index in [-0.39, 0.29) is 11.7 Å².